The summed E-state index contributed by atoms with van der Waals surface area (Å²) in [5, 5.41) is 26.7. The summed E-state index contributed by atoms with van der Waals surface area (Å²) < 4.78 is 21.8. The predicted octanol–water partition coefficient (Wildman–Crippen LogP) is 0.897. The molecule has 5 nitrogen and oxygen atoms in total. The van der Waals surface area contributed by atoms with E-state index in [1.54, 1.807) is 0 Å². The van der Waals surface area contributed by atoms with Crippen molar-refractivity contribution in [3.8, 4) is 17.6 Å². The fraction of sp³-hybridized carbons (Fsp3) is 0. The molecule has 14 heavy (non-hydrogen) atoms. The molecular formula is C7H4ClNO4S. The van der Waals surface area contributed by atoms with Crippen LogP contribution in [0.25, 0.3) is 0 Å². The summed E-state index contributed by atoms with van der Waals surface area (Å²) in [4.78, 5) is -0.695. The van der Waals surface area contributed by atoms with Crippen LogP contribution in [-0.4, -0.2) is 18.6 Å². The molecule has 0 unspecified atom stereocenters. The molecule has 0 fully saturated rings. The highest BCUT2D eigenvalue weighted by atomic mass is 35.7. The minimum atomic E-state index is -4.20. The van der Waals surface area contributed by atoms with E-state index in [1.807, 2.05) is 0 Å². The third-order valence-corrected chi connectivity index (χ3v) is 2.80. The predicted molar refractivity (Wildman–Crippen MR) is 47.5 cm³/mol. The smallest absolute Gasteiger partial charge is 0.266 e. The fourth-order valence-corrected chi connectivity index (χ4v) is 2.10. The molecule has 0 aliphatic rings. The van der Waals surface area contributed by atoms with Gasteiger partial charge in [-0.2, -0.15) is 5.26 Å². The van der Waals surface area contributed by atoms with Crippen molar-refractivity contribution in [2.75, 3.05) is 0 Å². The topological polar surface area (TPSA) is 98.4 Å². The number of phenolic OH excluding ortho intramolecular Hbond substituents is 2. The second-order valence-corrected chi connectivity index (χ2v) is 4.89. The molecule has 0 aromatic heterocycles. The Morgan fingerprint density at radius 3 is 2.36 bits per heavy atom. The lowest BCUT2D eigenvalue weighted by atomic mass is 10.2. The van der Waals surface area contributed by atoms with Crippen LogP contribution in [0.2, 0.25) is 0 Å². The Morgan fingerprint density at radius 1 is 1.36 bits per heavy atom. The van der Waals surface area contributed by atoms with Gasteiger partial charge in [-0.05, 0) is 6.07 Å². The van der Waals surface area contributed by atoms with Gasteiger partial charge >= 0.3 is 0 Å². The van der Waals surface area contributed by atoms with Crippen molar-refractivity contribution >= 4 is 19.7 Å². The van der Waals surface area contributed by atoms with Crippen LogP contribution in [0.5, 0.6) is 11.5 Å². The average molecular weight is 234 g/mol. The van der Waals surface area contributed by atoms with Crippen LogP contribution in [0.3, 0.4) is 0 Å². The van der Waals surface area contributed by atoms with E-state index in [0.717, 1.165) is 12.1 Å². The first-order chi connectivity index (χ1) is 6.36. The van der Waals surface area contributed by atoms with Crippen molar-refractivity contribution in [1.29, 1.82) is 5.26 Å². The number of hydrogen-bond donors (Lipinski definition) is 2. The molecule has 0 saturated carbocycles. The molecule has 0 atom stereocenters. The minimum absolute atomic E-state index is 0.405. The van der Waals surface area contributed by atoms with Crippen molar-refractivity contribution in [3.05, 3.63) is 17.7 Å². The Morgan fingerprint density at radius 2 is 1.93 bits per heavy atom. The third-order valence-electron chi connectivity index (χ3n) is 1.42. The lowest BCUT2D eigenvalue weighted by molar-refractivity contribution is 0.439. The number of hydrogen-bond acceptors (Lipinski definition) is 5. The van der Waals surface area contributed by atoms with Gasteiger partial charge in [-0.3, -0.25) is 0 Å². The van der Waals surface area contributed by atoms with E-state index in [-0.39, 0.29) is 0 Å². The summed E-state index contributed by atoms with van der Waals surface area (Å²) in [6.45, 7) is 0. The van der Waals surface area contributed by atoms with Gasteiger partial charge < -0.3 is 10.2 Å². The van der Waals surface area contributed by atoms with Gasteiger partial charge in [0, 0.05) is 16.7 Å². The highest BCUT2D eigenvalue weighted by molar-refractivity contribution is 8.13. The Kier molecular flexibility index (Phi) is 2.55. The van der Waals surface area contributed by atoms with Crippen LogP contribution in [0.1, 0.15) is 5.56 Å². The van der Waals surface area contributed by atoms with E-state index in [2.05, 4.69) is 0 Å². The van der Waals surface area contributed by atoms with E-state index in [4.69, 9.17) is 26.2 Å². The molecule has 1 aromatic carbocycles. The quantitative estimate of drug-likeness (QED) is 0.702. The Bertz CT molecular complexity index is 517. The summed E-state index contributed by atoms with van der Waals surface area (Å²) >= 11 is 0. The summed E-state index contributed by atoms with van der Waals surface area (Å²) in [5.41, 5.74) is -0.405. The third kappa shape index (κ3) is 1.89. The molecule has 1 rings (SSSR count). The molecule has 7 heteroatoms. The van der Waals surface area contributed by atoms with Crippen molar-refractivity contribution in [3.63, 3.8) is 0 Å². The van der Waals surface area contributed by atoms with Crippen molar-refractivity contribution < 1.29 is 18.6 Å². The zero-order chi connectivity index (χ0) is 10.9. The van der Waals surface area contributed by atoms with E-state index >= 15 is 0 Å². The number of rotatable bonds is 1. The summed E-state index contributed by atoms with van der Waals surface area (Å²) in [6.07, 6.45) is 0. The number of nitrogens with zero attached hydrogens (tertiary/aromatic N) is 1. The average Bonchev–Trinajstić information content (AvgIpc) is 1.99. The molecule has 2 N–H and O–H groups in total. The fourth-order valence-electron chi connectivity index (χ4n) is 0.938. The summed E-state index contributed by atoms with van der Waals surface area (Å²) in [6, 6.07) is 3.19. The Balaban J connectivity index is 3.68. The van der Waals surface area contributed by atoms with Gasteiger partial charge in [0.1, 0.15) is 22.5 Å². The number of nitriles is 1. The number of phenols is 2. The molecule has 0 spiro atoms. The van der Waals surface area contributed by atoms with E-state index < -0.39 is 31.0 Å². The SMILES string of the molecule is N#Cc1cc(O)cc(O)c1S(=O)(=O)Cl. The van der Waals surface area contributed by atoms with Gasteiger partial charge in [0.05, 0.1) is 5.56 Å². The molecule has 0 bridgehead atoms. The molecule has 0 heterocycles. The van der Waals surface area contributed by atoms with Crippen molar-refractivity contribution in [2.24, 2.45) is 0 Å². The van der Waals surface area contributed by atoms with Gasteiger partial charge in [0.25, 0.3) is 9.05 Å². The van der Waals surface area contributed by atoms with Crippen LogP contribution < -0.4 is 0 Å². The van der Waals surface area contributed by atoms with Crippen LogP contribution in [-0.2, 0) is 9.05 Å². The molecule has 74 valence electrons. The van der Waals surface area contributed by atoms with E-state index in [0.29, 0.717) is 0 Å². The molecule has 0 aliphatic heterocycles. The number of benzene rings is 1. The first-order valence-corrected chi connectivity index (χ1v) is 5.58. The lowest BCUT2D eigenvalue weighted by Gasteiger charge is -2.03. The zero-order valence-corrected chi connectivity index (χ0v) is 8.17. The molecule has 1 aromatic rings. The summed E-state index contributed by atoms with van der Waals surface area (Å²) in [7, 11) is 0.775. The molecule has 0 aliphatic carbocycles. The summed E-state index contributed by atoms with van der Waals surface area (Å²) in [5.74, 6) is -1.17. The molecule has 0 radical (unpaired) electrons. The second-order valence-electron chi connectivity index (χ2n) is 2.39. The Hall–Kier alpha value is -1.45. The van der Waals surface area contributed by atoms with E-state index in [1.165, 1.54) is 6.07 Å². The van der Waals surface area contributed by atoms with Crippen LogP contribution >= 0.6 is 10.7 Å². The first kappa shape index (κ1) is 10.6. The highest BCUT2D eigenvalue weighted by Crippen LogP contribution is 2.32. The first-order valence-electron chi connectivity index (χ1n) is 3.27. The van der Waals surface area contributed by atoms with Gasteiger partial charge in [-0.1, -0.05) is 0 Å². The van der Waals surface area contributed by atoms with Gasteiger partial charge in [0.15, 0.2) is 0 Å². The van der Waals surface area contributed by atoms with Crippen molar-refractivity contribution in [2.45, 2.75) is 4.90 Å². The maximum absolute atomic E-state index is 10.9. The maximum Gasteiger partial charge on any atom is 0.266 e. The minimum Gasteiger partial charge on any atom is -0.508 e. The Labute approximate surface area is 84.2 Å². The highest BCUT2D eigenvalue weighted by Gasteiger charge is 2.21. The standard InChI is InChI=1S/C7H4ClNO4S/c8-14(12,13)7-4(3-9)1-5(10)2-6(7)11/h1-2,10-11H. The van der Waals surface area contributed by atoms with Crippen molar-refractivity contribution in [1.82, 2.24) is 0 Å². The maximum atomic E-state index is 10.9. The number of aromatic hydroxyl groups is 2. The lowest BCUT2D eigenvalue weighted by Crippen LogP contribution is -1.95. The monoisotopic (exact) mass is 233 g/mol. The van der Waals surface area contributed by atoms with Crippen LogP contribution in [0, 0.1) is 11.3 Å². The second kappa shape index (κ2) is 3.36. The van der Waals surface area contributed by atoms with Gasteiger partial charge in [0.2, 0.25) is 0 Å². The number of halogens is 1. The van der Waals surface area contributed by atoms with Crippen LogP contribution in [0.15, 0.2) is 17.0 Å². The molecule has 0 saturated heterocycles. The largest absolute Gasteiger partial charge is 0.508 e. The van der Waals surface area contributed by atoms with Crippen LogP contribution in [0.4, 0.5) is 0 Å². The zero-order valence-electron chi connectivity index (χ0n) is 6.60. The molecular weight excluding hydrogens is 230 g/mol. The van der Waals surface area contributed by atoms with Gasteiger partial charge in [-0.15, -0.1) is 0 Å². The van der Waals surface area contributed by atoms with E-state index in [9.17, 15) is 8.42 Å². The molecule has 0 amide bonds. The van der Waals surface area contributed by atoms with Gasteiger partial charge in [-0.25, -0.2) is 8.42 Å². The normalized spacial score (nSPS) is 10.9.